The second kappa shape index (κ2) is 5.49. The lowest BCUT2D eigenvalue weighted by Crippen LogP contribution is -2.40. The van der Waals surface area contributed by atoms with Crippen molar-refractivity contribution in [1.82, 2.24) is 9.55 Å². The number of aryl methyl sites for hydroxylation is 1. The summed E-state index contributed by atoms with van der Waals surface area (Å²) in [5.41, 5.74) is 3.11. The minimum atomic E-state index is -0.378. The summed E-state index contributed by atoms with van der Waals surface area (Å²) in [4.78, 5) is 27.4. The molecule has 4 rings (SSSR count). The number of pyridine rings is 1. The largest absolute Gasteiger partial charge is 0.483 e. The average Bonchev–Trinajstić information content (AvgIpc) is 3.06. The molecule has 3 heterocycles. The first-order valence-corrected chi connectivity index (χ1v) is 8.56. The third-order valence-electron chi connectivity index (χ3n) is 4.76. The molecule has 134 valence electrons. The van der Waals surface area contributed by atoms with Gasteiger partial charge in [0.2, 0.25) is 0 Å². The number of fused-ring (bicyclic) bond motifs is 2. The molecule has 0 aliphatic carbocycles. The molecular formula is C20H21N3O3. The van der Waals surface area contributed by atoms with Gasteiger partial charge in [0.25, 0.3) is 5.56 Å². The molecule has 0 fully saturated rings. The fourth-order valence-corrected chi connectivity index (χ4v) is 3.38. The first-order valence-electron chi connectivity index (χ1n) is 8.56. The zero-order valence-electron chi connectivity index (χ0n) is 15.3. The fraction of sp³-hybridized carbons (Fsp3) is 0.300. The Morgan fingerprint density at radius 3 is 2.77 bits per heavy atom. The quantitative estimate of drug-likeness (QED) is 0.695. The molecule has 1 aliphatic rings. The Labute approximate surface area is 150 Å². The number of H-pyrrole nitrogens is 1. The van der Waals surface area contributed by atoms with Crippen LogP contribution in [0.2, 0.25) is 0 Å². The van der Waals surface area contributed by atoms with Crippen molar-refractivity contribution in [3.63, 3.8) is 0 Å². The molecule has 2 N–H and O–H groups in total. The van der Waals surface area contributed by atoms with Crippen LogP contribution >= 0.6 is 0 Å². The molecule has 0 bridgehead atoms. The van der Waals surface area contributed by atoms with Gasteiger partial charge in [0.05, 0.1) is 12.2 Å². The van der Waals surface area contributed by atoms with Gasteiger partial charge >= 0.3 is 0 Å². The zero-order valence-corrected chi connectivity index (χ0v) is 15.3. The van der Waals surface area contributed by atoms with Gasteiger partial charge in [-0.15, -0.1) is 0 Å². The molecule has 0 atom stereocenters. The summed E-state index contributed by atoms with van der Waals surface area (Å²) < 4.78 is 7.81. The molecule has 0 radical (unpaired) electrons. The lowest BCUT2D eigenvalue weighted by atomic mass is 9.96. The number of aromatic amines is 1. The minimum Gasteiger partial charge on any atom is -0.483 e. The van der Waals surface area contributed by atoms with E-state index >= 15 is 0 Å². The summed E-state index contributed by atoms with van der Waals surface area (Å²) in [6, 6.07) is 5.55. The van der Waals surface area contributed by atoms with Crippen molar-refractivity contribution in [3.8, 4) is 16.9 Å². The summed E-state index contributed by atoms with van der Waals surface area (Å²) in [6.45, 7) is 6.22. The topological polar surface area (TPSA) is 76.1 Å². The Bertz CT molecular complexity index is 1110. The van der Waals surface area contributed by atoms with Crippen LogP contribution in [-0.4, -0.2) is 27.5 Å². The third kappa shape index (κ3) is 2.49. The van der Waals surface area contributed by atoms with Gasteiger partial charge in [-0.2, -0.15) is 0 Å². The molecule has 1 aliphatic heterocycles. The number of aromatic nitrogens is 2. The lowest BCUT2D eigenvalue weighted by molar-refractivity contribution is 0.101. The van der Waals surface area contributed by atoms with E-state index < -0.39 is 0 Å². The lowest BCUT2D eigenvalue weighted by Gasteiger charge is -2.35. The van der Waals surface area contributed by atoms with E-state index in [1.807, 2.05) is 32.0 Å². The number of anilines is 1. The molecule has 6 heteroatoms. The smallest absolute Gasteiger partial charge is 0.274 e. The second-order valence-corrected chi connectivity index (χ2v) is 7.40. The molecule has 2 aromatic heterocycles. The first kappa shape index (κ1) is 16.4. The number of carbonyl (C=O) groups excluding carboxylic acids is 1. The Kier molecular flexibility index (Phi) is 3.47. The van der Waals surface area contributed by atoms with Crippen molar-refractivity contribution in [1.29, 1.82) is 0 Å². The predicted molar refractivity (Wildman–Crippen MR) is 102 cm³/mol. The van der Waals surface area contributed by atoms with Gasteiger partial charge in [0, 0.05) is 41.5 Å². The van der Waals surface area contributed by atoms with Crippen molar-refractivity contribution in [2.45, 2.75) is 26.4 Å². The number of nitrogens with zero attached hydrogens (tertiary/aromatic N) is 1. The van der Waals surface area contributed by atoms with Crippen LogP contribution in [0, 0.1) is 0 Å². The number of ether oxygens (including phenoxy) is 1. The Hall–Kier alpha value is -3.02. The Morgan fingerprint density at radius 1 is 1.27 bits per heavy atom. The van der Waals surface area contributed by atoms with E-state index in [2.05, 4.69) is 10.3 Å². The normalized spacial score (nSPS) is 15.2. The third-order valence-corrected chi connectivity index (χ3v) is 4.76. The van der Waals surface area contributed by atoms with Crippen LogP contribution in [0.5, 0.6) is 5.75 Å². The SMILES string of the molecule is CC(=O)c1cc2c(c(-c3cn(C)c(=O)c4[nH]ccc34)c1)OC(C)(C)CN2. The molecule has 1 aromatic carbocycles. The summed E-state index contributed by atoms with van der Waals surface area (Å²) in [5.74, 6) is 0.684. The predicted octanol–water partition coefficient (Wildman–Crippen LogP) is 3.32. The van der Waals surface area contributed by atoms with Crippen LogP contribution in [0.15, 0.2) is 35.4 Å². The van der Waals surface area contributed by atoms with E-state index in [-0.39, 0.29) is 16.9 Å². The number of Topliss-reactive ketones (excluding diaryl/α,β-unsaturated/α-hetero) is 1. The monoisotopic (exact) mass is 351 g/mol. The maximum Gasteiger partial charge on any atom is 0.274 e. The van der Waals surface area contributed by atoms with Crippen LogP contribution in [0.1, 0.15) is 31.1 Å². The number of carbonyl (C=O) groups is 1. The molecule has 0 spiro atoms. The summed E-state index contributed by atoms with van der Waals surface area (Å²) >= 11 is 0. The highest BCUT2D eigenvalue weighted by atomic mass is 16.5. The standard InChI is InChI=1S/C20H21N3O3/c1-11(24)12-7-14(18-16(8-12)22-10-20(2,3)26-18)15-9-23(4)19(25)17-13(15)5-6-21-17/h5-9,21-22H,10H2,1-4H3. The Balaban J connectivity index is 2.07. The van der Waals surface area contributed by atoms with Crippen LogP contribution in [-0.2, 0) is 7.05 Å². The van der Waals surface area contributed by atoms with Crippen molar-refractivity contribution in [2.75, 3.05) is 11.9 Å². The summed E-state index contributed by atoms with van der Waals surface area (Å²) in [6.07, 6.45) is 3.54. The summed E-state index contributed by atoms with van der Waals surface area (Å²) in [7, 11) is 1.72. The molecule has 0 saturated heterocycles. The molecule has 3 aromatic rings. The first-order chi connectivity index (χ1) is 12.3. The van der Waals surface area contributed by atoms with Gasteiger partial charge in [-0.1, -0.05) is 0 Å². The van der Waals surface area contributed by atoms with Gasteiger partial charge in [0.1, 0.15) is 11.1 Å². The van der Waals surface area contributed by atoms with E-state index in [9.17, 15) is 9.59 Å². The zero-order chi connectivity index (χ0) is 18.6. The van der Waals surface area contributed by atoms with Crippen LogP contribution in [0.4, 0.5) is 5.69 Å². The van der Waals surface area contributed by atoms with Crippen LogP contribution in [0.3, 0.4) is 0 Å². The molecule has 26 heavy (non-hydrogen) atoms. The van der Waals surface area contributed by atoms with Crippen molar-refractivity contribution >= 4 is 22.4 Å². The van der Waals surface area contributed by atoms with E-state index in [1.54, 1.807) is 30.9 Å². The number of nitrogens with one attached hydrogen (secondary N) is 2. The van der Waals surface area contributed by atoms with Gasteiger partial charge in [-0.3, -0.25) is 9.59 Å². The highest BCUT2D eigenvalue weighted by Gasteiger charge is 2.30. The molecule has 0 amide bonds. The maximum absolute atomic E-state index is 12.4. The van der Waals surface area contributed by atoms with Crippen molar-refractivity contribution in [2.24, 2.45) is 7.05 Å². The number of hydrogen-bond donors (Lipinski definition) is 2. The fourth-order valence-electron chi connectivity index (χ4n) is 3.38. The number of ketones is 1. The van der Waals surface area contributed by atoms with Gasteiger partial charge < -0.3 is 19.6 Å². The summed E-state index contributed by atoms with van der Waals surface area (Å²) in [5, 5.41) is 4.18. The highest BCUT2D eigenvalue weighted by molar-refractivity contribution is 6.02. The second-order valence-electron chi connectivity index (χ2n) is 7.40. The molecule has 0 saturated carbocycles. The number of hydrogen-bond acceptors (Lipinski definition) is 4. The highest BCUT2D eigenvalue weighted by Crippen LogP contribution is 2.44. The van der Waals surface area contributed by atoms with Crippen LogP contribution < -0.4 is 15.6 Å². The average molecular weight is 351 g/mol. The van der Waals surface area contributed by atoms with Gasteiger partial charge in [0.15, 0.2) is 11.5 Å². The molecule has 6 nitrogen and oxygen atoms in total. The number of rotatable bonds is 2. The Morgan fingerprint density at radius 2 is 2.04 bits per heavy atom. The molecule has 0 unspecified atom stereocenters. The van der Waals surface area contributed by atoms with Crippen molar-refractivity contribution < 1.29 is 9.53 Å². The number of benzene rings is 1. The van der Waals surface area contributed by atoms with E-state index in [0.717, 1.165) is 22.2 Å². The van der Waals surface area contributed by atoms with E-state index in [0.29, 0.717) is 23.4 Å². The van der Waals surface area contributed by atoms with E-state index in [1.165, 1.54) is 0 Å². The molecular weight excluding hydrogens is 330 g/mol. The van der Waals surface area contributed by atoms with Gasteiger partial charge in [-0.25, -0.2) is 0 Å². The van der Waals surface area contributed by atoms with E-state index in [4.69, 9.17) is 4.74 Å². The van der Waals surface area contributed by atoms with Gasteiger partial charge in [-0.05, 0) is 39.0 Å². The van der Waals surface area contributed by atoms with Crippen LogP contribution in [0.25, 0.3) is 22.0 Å². The van der Waals surface area contributed by atoms with Crippen molar-refractivity contribution in [3.05, 3.63) is 46.5 Å². The maximum atomic E-state index is 12.4. The minimum absolute atomic E-state index is 0.0178.